The molecule has 2 aromatic carbocycles. The molecule has 0 atom stereocenters. The summed E-state index contributed by atoms with van der Waals surface area (Å²) in [7, 11) is 0. The van der Waals surface area contributed by atoms with Gasteiger partial charge in [0.2, 0.25) is 5.91 Å². The Morgan fingerprint density at radius 2 is 1.74 bits per heavy atom. The molecular formula is C23H22F2N4O2. The van der Waals surface area contributed by atoms with E-state index in [0.29, 0.717) is 37.2 Å². The van der Waals surface area contributed by atoms with Crippen LogP contribution in [0.2, 0.25) is 0 Å². The number of hydrogen-bond donors (Lipinski definition) is 2. The van der Waals surface area contributed by atoms with Crippen molar-refractivity contribution in [2.75, 3.05) is 5.32 Å². The van der Waals surface area contributed by atoms with Gasteiger partial charge in [0.15, 0.2) is 5.82 Å². The molecule has 1 aliphatic rings. The molecule has 3 aromatic rings. The number of aromatic nitrogens is 2. The van der Waals surface area contributed by atoms with Crippen LogP contribution in [0.1, 0.15) is 36.0 Å². The molecule has 6 nitrogen and oxygen atoms in total. The van der Waals surface area contributed by atoms with Gasteiger partial charge < -0.3 is 10.6 Å². The number of benzene rings is 2. The molecule has 1 aliphatic carbocycles. The molecule has 4 rings (SSSR count). The van der Waals surface area contributed by atoms with E-state index in [1.165, 1.54) is 28.9 Å². The Balaban J connectivity index is 1.29. The van der Waals surface area contributed by atoms with E-state index < -0.39 is 11.6 Å². The molecule has 0 spiro atoms. The number of anilines is 1. The molecule has 1 heterocycles. The van der Waals surface area contributed by atoms with Crippen molar-refractivity contribution in [1.82, 2.24) is 15.1 Å². The van der Waals surface area contributed by atoms with Crippen LogP contribution in [0.25, 0.3) is 5.69 Å². The Labute approximate surface area is 178 Å². The fourth-order valence-corrected chi connectivity index (χ4v) is 3.79. The van der Waals surface area contributed by atoms with Crippen LogP contribution in [-0.4, -0.2) is 27.6 Å². The summed E-state index contributed by atoms with van der Waals surface area (Å²) >= 11 is 0. The third kappa shape index (κ3) is 4.96. The van der Waals surface area contributed by atoms with E-state index in [9.17, 15) is 18.4 Å². The molecule has 1 saturated carbocycles. The first-order valence-electron chi connectivity index (χ1n) is 10.2. The first-order valence-corrected chi connectivity index (χ1v) is 10.2. The Kier molecular flexibility index (Phi) is 6.06. The van der Waals surface area contributed by atoms with Gasteiger partial charge in [-0.15, -0.1) is 5.10 Å². The molecule has 2 amide bonds. The Bertz CT molecular complexity index is 1090. The predicted molar refractivity (Wildman–Crippen MR) is 112 cm³/mol. The third-order valence-electron chi connectivity index (χ3n) is 5.46. The second kappa shape index (κ2) is 9.07. The lowest BCUT2D eigenvalue weighted by Gasteiger charge is -2.28. The number of nitrogens with one attached hydrogen (secondary N) is 2. The number of carbonyl (C=O) groups is 2. The van der Waals surface area contributed by atoms with E-state index >= 15 is 0 Å². The second-order valence-corrected chi connectivity index (χ2v) is 7.62. The van der Waals surface area contributed by atoms with E-state index in [4.69, 9.17) is 0 Å². The van der Waals surface area contributed by atoms with Gasteiger partial charge in [0.05, 0.1) is 0 Å². The lowest BCUT2D eigenvalue weighted by molar-refractivity contribution is -0.120. The Morgan fingerprint density at radius 3 is 2.48 bits per heavy atom. The topological polar surface area (TPSA) is 76.0 Å². The fourth-order valence-electron chi connectivity index (χ4n) is 3.79. The minimum atomic E-state index is -0.453. The predicted octanol–water partition coefficient (Wildman–Crippen LogP) is 4.08. The van der Waals surface area contributed by atoms with Crippen LogP contribution in [0.15, 0.2) is 60.8 Å². The van der Waals surface area contributed by atoms with Crippen molar-refractivity contribution in [3.8, 4) is 5.69 Å². The van der Waals surface area contributed by atoms with Crippen molar-refractivity contribution in [3.63, 3.8) is 0 Å². The summed E-state index contributed by atoms with van der Waals surface area (Å²) in [5, 5.41) is 9.92. The van der Waals surface area contributed by atoms with Gasteiger partial charge in [0.1, 0.15) is 17.3 Å². The molecule has 0 aliphatic heterocycles. The number of hydrogen-bond acceptors (Lipinski definition) is 3. The summed E-state index contributed by atoms with van der Waals surface area (Å²) in [6, 6.07) is 13.4. The highest BCUT2D eigenvalue weighted by molar-refractivity contribution is 5.94. The van der Waals surface area contributed by atoms with Gasteiger partial charge in [0.25, 0.3) is 5.91 Å². The molecule has 0 unspecified atom stereocenters. The van der Waals surface area contributed by atoms with Crippen molar-refractivity contribution in [1.29, 1.82) is 0 Å². The first-order chi connectivity index (χ1) is 15.0. The maximum Gasteiger partial charge on any atom is 0.251 e. The first kappa shape index (κ1) is 20.7. The average Bonchev–Trinajstić information content (AvgIpc) is 3.22. The summed E-state index contributed by atoms with van der Waals surface area (Å²) < 4.78 is 28.6. The van der Waals surface area contributed by atoms with Crippen molar-refractivity contribution < 1.29 is 18.4 Å². The monoisotopic (exact) mass is 424 g/mol. The van der Waals surface area contributed by atoms with E-state index in [1.54, 1.807) is 36.5 Å². The smallest absolute Gasteiger partial charge is 0.251 e. The van der Waals surface area contributed by atoms with Crippen molar-refractivity contribution in [3.05, 3.63) is 78.0 Å². The van der Waals surface area contributed by atoms with Gasteiger partial charge in [0, 0.05) is 29.8 Å². The number of amides is 2. The SMILES string of the molecule is O=C(N[C@H]1CC[C@@H](C(=O)Nc2ccn(-c3ccccc3F)n2)CC1)c1cccc(F)c1. The number of nitrogens with zero attached hydrogens (tertiary/aromatic N) is 2. The maximum atomic E-state index is 13.9. The van der Waals surface area contributed by atoms with Crippen molar-refractivity contribution >= 4 is 17.6 Å². The zero-order valence-electron chi connectivity index (χ0n) is 16.7. The number of halogens is 2. The van der Waals surface area contributed by atoms with Gasteiger partial charge in [-0.05, 0) is 56.0 Å². The van der Waals surface area contributed by atoms with E-state index in [1.807, 2.05) is 0 Å². The molecule has 1 aromatic heterocycles. The normalized spacial score (nSPS) is 18.4. The standard InChI is InChI=1S/C23H22F2N4O2/c24-17-5-3-4-16(14-17)23(31)26-18-10-8-15(9-11-18)22(30)27-21-12-13-29(28-21)20-7-2-1-6-19(20)25/h1-7,12-15,18H,8-11H2,(H,26,31)(H,27,28,30)/t15-,18+. The van der Waals surface area contributed by atoms with Crippen LogP contribution in [0.4, 0.5) is 14.6 Å². The second-order valence-electron chi connectivity index (χ2n) is 7.62. The quantitative estimate of drug-likeness (QED) is 0.648. The van der Waals surface area contributed by atoms with Crippen LogP contribution in [0, 0.1) is 17.6 Å². The minimum Gasteiger partial charge on any atom is -0.349 e. The van der Waals surface area contributed by atoms with Gasteiger partial charge >= 0.3 is 0 Å². The Hall–Kier alpha value is -3.55. The molecule has 8 heteroatoms. The molecular weight excluding hydrogens is 402 g/mol. The van der Waals surface area contributed by atoms with Crippen molar-refractivity contribution in [2.45, 2.75) is 31.7 Å². The number of rotatable bonds is 5. The van der Waals surface area contributed by atoms with Crippen molar-refractivity contribution in [2.24, 2.45) is 5.92 Å². The zero-order valence-corrected chi connectivity index (χ0v) is 16.7. The Morgan fingerprint density at radius 1 is 0.968 bits per heavy atom. The number of carbonyl (C=O) groups excluding carboxylic acids is 2. The largest absolute Gasteiger partial charge is 0.349 e. The van der Waals surface area contributed by atoms with Gasteiger partial charge in [-0.1, -0.05) is 18.2 Å². The molecule has 31 heavy (non-hydrogen) atoms. The van der Waals surface area contributed by atoms with Crippen LogP contribution in [-0.2, 0) is 4.79 Å². The molecule has 0 bridgehead atoms. The summed E-state index contributed by atoms with van der Waals surface area (Å²) in [6.07, 6.45) is 4.14. The highest BCUT2D eigenvalue weighted by Crippen LogP contribution is 2.26. The van der Waals surface area contributed by atoms with Crippen LogP contribution in [0.3, 0.4) is 0 Å². The van der Waals surface area contributed by atoms with Gasteiger partial charge in [-0.25, -0.2) is 13.5 Å². The summed E-state index contributed by atoms with van der Waals surface area (Å²) in [5.41, 5.74) is 0.586. The lowest BCUT2D eigenvalue weighted by atomic mass is 9.85. The third-order valence-corrected chi connectivity index (χ3v) is 5.46. The minimum absolute atomic E-state index is 0.0555. The van der Waals surface area contributed by atoms with E-state index in [2.05, 4.69) is 15.7 Å². The van der Waals surface area contributed by atoms with Gasteiger partial charge in [-0.3, -0.25) is 9.59 Å². The maximum absolute atomic E-state index is 13.9. The summed E-state index contributed by atoms with van der Waals surface area (Å²) in [5.74, 6) is -1.15. The molecule has 2 N–H and O–H groups in total. The highest BCUT2D eigenvalue weighted by Gasteiger charge is 2.27. The van der Waals surface area contributed by atoms with E-state index in [-0.39, 0.29) is 29.3 Å². The zero-order chi connectivity index (χ0) is 21.8. The molecule has 0 saturated heterocycles. The highest BCUT2D eigenvalue weighted by atomic mass is 19.1. The average molecular weight is 424 g/mol. The van der Waals surface area contributed by atoms with Crippen LogP contribution < -0.4 is 10.6 Å². The van der Waals surface area contributed by atoms with Crippen LogP contribution in [0.5, 0.6) is 0 Å². The molecule has 0 radical (unpaired) electrons. The molecule has 160 valence electrons. The fraction of sp³-hybridized carbons (Fsp3) is 0.261. The summed E-state index contributed by atoms with van der Waals surface area (Å²) in [6.45, 7) is 0. The number of para-hydroxylation sites is 1. The van der Waals surface area contributed by atoms with E-state index in [0.717, 1.165) is 0 Å². The lowest BCUT2D eigenvalue weighted by Crippen LogP contribution is -2.39. The van der Waals surface area contributed by atoms with Gasteiger partial charge in [-0.2, -0.15) is 0 Å². The summed E-state index contributed by atoms with van der Waals surface area (Å²) in [4.78, 5) is 24.9. The van der Waals surface area contributed by atoms with Crippen LogP contribution >= 0.6 is 0 Å². The molecule has 1 fully saturated rings.